The van der Waals surface area contributed by atoms with Gasteiger partial charge in [0.1, 0.15) is 0 Å². The average molecular weight is 929 g/mol. The molecule has 2 aromatic carbocycles. The topological polar surface area (TPSA) is 176 Å². The number of likely N-dealkylation sites (N-methyl/N-ethyl adjacent to an activating group) is 1. The van der Waals surface area contributed by atoms with Gasteiger partial charge < -0.3 is 67.6 Å². The van der Waals surface area contributed by atoms with E-state index < -0.39 is 0 Å². The molecule has 0 saturated heterocycles. The quantitative estimate of drug-likeness (QED) is 0.0697. The first-order valence-electron chi connectivity index (χ1n) is 23.1. The predicted octanol–water partition coefficient (Wildman–Crippen LogP) is 5.33. The average Bonchev–Trinajstić information content (AvgIpc) is 3.32. The van der Waals surface area contributed by atoms with Crippen molar-refractivity contribution in [3.05, 3.63) is 77.5 Å². The standard InChI is InChI=1S/C49H76N4O13/c1-5-50-44-11-12-46(45(40-44)47-38-41(2)13-15-51-47)52-49(55)43-10-6-8-42(39-43)9-7-17-57-22-25-61-30-31-62-26-23-58-18-14-48(54)53(3)16-19-59-24-27-63-32-33-65-36-37-66-35-34-64-29-28-60-21-20-56-4/h6,8,10-13,15,38-40,50H,5,7,9,14,16-37H2,1-4H3,(H,52,55). The number of ether oxygens (including phenoxy) is 11. The highest BCUT2D eigenvalue weighted by atomic mass is 16.6. The van der Waals surface area contributed by atoms with Crippen LogP contribution in [0.2, 0.25) is 0 Å². The van der Waals surface area contributed by atoms with Crippen LogP contribution >= 0.6 is 0 Å². The summed E-state index contributed by atoms with van der Waals surface area (Å²) in [5, 5.41) is 6.44. The highest BCUT2D eigenvalue weighted by Gasteiger charge is 2.14. The van der Waals surface area contributed by atoms with Gasteiger partial charge in [-0.2, -0.15) is 0 Å². The zero-order chi connectivity index (χ0) is 47.1. The Hall–Kier alpha value is -4.11. The molecule has 0 bridgehead atoms. The molecule has 1 aromatic heterocycles. The Balaban J connectivity index is 1.07. The summed E-state index contributed by atoms with van der Waals surface area (Å²) < 4.78 is 60.2. The van der Waals surface area contributed by atoms with Crippen molar-refractivity contribution < 1.29 is 61.7 Å². The number of hydrogen-bond acceptors (Lipinski definition) is 15. The lowest BCUT2D eigenvalue weighted by Crippen LogP contribution is -2.31. The van der Waals surface area contributed by atoms with Gasteiger partial charge in [-0.05, 0) is 80.3 Å². The fourth-order valence-corrected chi connectivity index (χ4v) is 6.09. The van der Waals surface area contributed by atoms with Gasteiger partial charge in [0.25, 0.3) is 5.91 Å². The summed E-state index contributed by atoms with van der Waals surface area (Å²) in [4.78, 5) is 31.9. The highest BCUT2D eigenvalue weighted by Crippen LogP contribution is 2.30. The Bertz CT molecular complexity index is 1700. The van der Waals surface area contributed by atoms with E-state index in [0.29, 0.717) is 157 Å². The Morgan fingerprint density at radius 3 is 1.68 bits per heavy atom. The van der Waals surface area contributed by atoms with E-state index in [1.165, 1.54) is 0 Å². The number of carbonyl (C=O) groups excluding carboxylic acids is 2. The number of nitrogens with one attached hydrogen (secondary N) is 2. The molecule has 0 aliphatic carbocycles. The first-order valence-corrected chi connectivity index (χ1v) is 23.1. The van der Waals surface area contributed by atoms with Crippen molar-refractivity contribution in [1.82, 2.24) is 9.88 Å². The first kappa shape index (κ1) is 56.2. The zero-order valence-electron chi connectivity index (χ0n) is 39.9. The van der Waals surface area contributed by atoms with Gasteiger partial charge in [0.05, 0.1) is 150 Å². The Labute approximate surface area is 392 Å². The van der Waals surface area contributed by atoms with Crippen molar-refractivity contribution in [1.29, 1.82) is 0 Å². The number of methoxy groups -OCH3 is 1. The summed E-state index contributed by atoms with van der Waals surface area (Å²) in [6.45, 7) is 15.4. The number of carbonyl (C=O) groups is 2. The Morgan fingerprint density at radius 2 is 1.14 bits per heavy atom. The van der Waals surface area contributed by atoms with Crippen LogP contribution in [0.5, 0.6) is 0 Å². The minimum atomic E-state index is -0.173. The number of amides is 2. The van der Waals surface area contributed by atoms with Crippen LogP contribution in [-0.2, 0) is 63.3 Å². The molecule has 0 aliphatic rings. The van der Waals surface area contributed by atoms with Crippen molar-refractivity contribution >= 4 is 23.2 Å². The van der Waals surface area contributed by atoms with Crippen molar-refractivity contribution in [3.63, 3.8) is 0 Å². The lowest BCUT2D eigenvalue weighted by Gasteiger charge is -2.17. The first-order chi connectivity index (χ1) is 32.4. The third kappa shape index (κ3) is 26.9. The maximum Gasteiger partial charge on any atom is 0.255 e. The van der Waals surface area contributed by atoms with E-state index in [4.69, 9.17) is 52.1 Å². The van der Waals surface area contributed by atoms with Crippen molar-refractivity contribution in [3.8, 4) is 11.3 Å². The monoisotopic (exact) mass is 929 g/mol. The van der Waals surface area contributed by atoms with Gasteiger partial charge in [-0.25, -0.2) is 0 Å². The third-order valence-corrected chi connectivity index (χ3v) is 9.65. The summed E-state index contributed by atoms with van der Waals surface area (Å²) in [5.74, 6) is -0.181. The van der Waals surface area contributed by atoms with Crippen LogP contribution < -0.4 is 10.6 Å². The molecular formula is C49H76N4O13. The van der Waals surface area contributed by atoms with E-state index in [-0.39, 0.29) is 18.2 Å². The normalized spacial score (nSPS) is 11.3. The Kier molecular flexibility index (Phi) is 32.3. The molecule has 17 heteroatoms. The third-order valence-electron chi connectivity index (χ3n) is 9.65. The van der Waals surface area contributed by atoms with E-state index in [1.54, 1.807) is 25.3 Å². The molecule has 0 radical (unpaired) electrons. The maximum absolute atomic E-state index is 13.4. The van der Waals surface area contributed by atoms with Gasteiger partial charge in [-0.3, -0.25) is 14.6 Å². The van der Waals surface area contributed by atoms with E-state index in [0.717, 1.165) is 47.5 Å². The number of benzene rings is 2. The van der Waals surface area contributed by atoms with Crippen molar-refractivity contribution in [2.24, 2.45) is 0 Å². The molecule has 3 rings (SSSR count). The molecule has 1 heterocycles. The number of rotatable bonds is 42. The van der Waals surface area contributed by atoms with Gasteiger partial charge in [0, 0.05) is 56.9 Å². The smallest absolute Gasteiger partial charge is 0.255 e. The van der Waals surface area contributed by atoms with Crippen LogP contribution in [0.4, 0.5) is 11.4 Å². The second-order valence-electron chi connectivity index (χ2n) is 14.9. The van der Waals surface area contributed by atoms with Crippen LogP contribution in [0.3, 0.4) is 0 Å². The SMILES string of the molecule is CCNc1ccc(NC(=O)c2cccc(CCCOCCOCCOCCOCCC(=O)N(C)CCOCCOCCOCCOCCOCCOCCOC)c2)c(-c2cc(C)ccn2)c1. The lowest BCUT2D eigenvalue weighted by atomic mass is 10.0. The molecule has 0 aliphatic heterocycles. The number of aromatic nitrogens is 1. The minimum absolute atomic E-state index is 0.00792. The summed E-state index contributed by atoms with van der Waals surface area (Å²) in [6, 6.07) is 17.6. The molecule has 0 fully saturated rings. The minimum Gasteiger partial charge on any atom is -0.385 e. The highest BCUT2D eigenvalue weighted by molar-refractivity contribution is 6.06. The molecule has 17 nitrogen and oxygen atoms in total. The van der Waals surface area contributed by atoms with Crippen LogP contribution in [-0.4, -0.2) is 188 Å². The molecule has 370 valence electrons. The van der Waals surface area contributed by atoms with Gasteiger partial charge >= 0.3 is 0 Å². The van der Waals surface area contributed by atoms with Crippen LogP contribution in [0, 0.1) is 6.92 Å². The van der Waals surface area contributed by atoms with Crippen LogP contribution in [0.15, 0.2) is 60.8 Å². The van der Waals surface area contributed by atoms with E-state index >= 15 is 0 Å². The number of pyridine rings is 1. The molecule has 0 spiro atoms. The molecule has 0 atom stereocenters. The number of nitrogens with zero attached hydrogens (tertiary/aromatic N) is 2. The maximum atomic E-state index is 13.4. The molecule has 66 heavy (non-hydrogen) atoms. The largest absolute Gasteiger partial charge is 0.385 e. The number of hydrogen-bond donors (Lipinski definition) is 2. The number of anilines is 2. The Morgan fingerprint density at radius 1 is 0.606 bits per heavy atom. The van der Waals surface area contributed by atoms with Crippen LogP contribution in [0.25, 0.3) is 11.3 Å². The van der Waals surface area contributed by atoms with E-state index in [1.807, 2.05) is 68.4 Å². The summed E-state index contributed by atoms with van der Waals surface area (Å²) in [6.07, 6.45) is 3.67. The van der Waals surface area contributed by atoms with Crippen molar-refractivity contribution in [2.75, 3.05) is 177 Å². The van der Waals surface area contributed by atoms with Gasteiger partial charge in [0.15, 0.2) is 0 Å². The lowest BCUT2D eigenvalue weighted by molar-refractivity contribution is -0.132. The second-order valence-corrected chi connectivity index (χ2v) is 14.9. The van der Waals surface area contributed by atoms with Crippen molar-refractivity contribution in [2.45, 2.75) is 33.1 Å². The predicted molar refractivity (Wildman–Crippen MR) is 254 cm³/mol. The van der Waals surface area contributed by atoms with Gasteiger partial charge in [0.2, 0.25) is 5.91 Å². The van der Waals surface area contributed by atoms with E-state index in [2.05, 4.69) is 15.6 Å². The fourth-order valence-electron chi connectivity index (χ4n) is 6.09. The molecule has 2 N–H and O–H groups in total. The van der Waals surface area contributed by atoms with Gasteiger partial charge in [-0.1, -0.05) is 12.1 Å². The summed E-state index contributed by atoms with van der Waals surface area (Å²) >= 11 is 0. The van der Waals surface area contributed by atoms with Gasteiger partial charge in [-0.15, -0.1) is 0 Å². The molecule has 2 amide bonds. The summed E-state index contributed by atoms with van der Waals surface area (Å²) in [5.41, 5.74) is 6.09. The fraction of sp³-hybridized carbons (Fsp3) is 0.612. The zero-order valence-corrected chi connectivity index (χ0v) is 39.9. The molecular weight excluding hydrogens is 853 g/mol. The van der Waals surface area contributed by atoms with Crippen LogP contribution in [0.1, 0.15) is 41.3 Å². The molecule has 3 aromatic rings. The van der Waals surface area contributed by atoms with E-state index in [9.17, 15) is 9.59 Å². The second kappa shape index (κ2) is 37.9. The molecule has 0 unspecified atom stereocenters. The summed E-state index contributed by atoms with van der Waals surface area (Å²) in [7, 11) is 3.39. The number of aryl methyl sites for hydroxylation is 2. The molecule has 0 saturated carbocycles.